The Kier molecular flexibility index (Phi) is 6.34. The summed E-state index contributed by atoms with van der Waals surface area (Å²) in [7, 11) is 0. The van der Waals surface area contributed by atoms with Crippen LogP contribution in [0.1, 0.15) is 40.7 Å². The zero-order valence-corrected chi connectivity index (χ0v) is 15.8. The largest absolute Gasteiger partial charge is 0.416 e. The number of nitrogens with zero attached hydrogens (tertiary/aromatic N) is 3. The minimum absolute atomic E-state index is 0.0925. The van der Waals surface area contributed by atoms with Gasteiger partial charge in [-0.15, -0.1) is 0 Å². The first-order chi connectivity index (χ1) is 14.3. The second kappa shape index (κ2) is 8.93. The fraction of sp³-hybridized carbons (Fsp3) is 0.300. The third-order valence-electron chi connectivity index (χ3n) is 4.66. The quantitative estimate of drug-likeness (QED) is 0.300. The molecule has 0 atom stereocenters. The van der Waals surface area contributed by atoms with Crippen molar-refractivity contribution in [3.8, 4) is 0 Å². The number of halogens is 3. The lowest BCUT2D eigenvalue weighted by Crippen LogP contribution is -2.29. The topological polar surface area (TPSA) is 85.0 Å². The predicted molar refractivity (Wildman–Crippen MR) is 104 cm³/mol. The van der Waals surface area contributed by atoms with E-state index in [1.807, 2.05) is 4.90 Å². The van der Waals surface area contributed by atoms with Crippen LogP contribution in [0.5, 0.6) is 0 Å². The molecule has 1 aliphatic heterocycles. The maximum atomic E-state index is 12.7. The van der Waals surface area contributed by atoms with E-state index in [2.05, 4.69) is 9.99 Å². The standard InChI is InChI=1S/C20H18F3N3O4/c21-20(22,23)16-6-4-5-15(12-16)19(27)30-24-13-14-7-8-17(18(11-14)26(28)29)25-9-2-1-3-10-25/h4-8,11-13H,1-3,9-10H2/b24-13+. The van der Waals surface area contributed by atoms with Gasteiger partial charge in [-0.3, -0.25) is 10.1 Å². The number of benzene rings is 2. The summed E-state index contributed by atoms with van der Waals surface area (Å²) in [6, 6.07) is 8.28. The molecule has 2 aromatic carbocycles. The lowest BCUT2D eigenvalue weighted by atomic mass is 10.1. The van der Waals surface area contributed by atoms with Gasteiger partial charge in [-0.25, -0.2) is 4.79 Å². The second-order valence-electron chi connectivity index (χ2n) is 6.74. The SMILES string of the molecule is O=C(O/N=C/c1ccc(N2CCCCC2)c([N+](=O)[O-])c1)c1cccc(C(F)(F)F)c1. The van der Waals surface area contributed by atoms with E-state index in [1.165, 1.54) is 12.1 Å². The van der Waals surface area contributed by atoms with Gasteiger partial charge in [0.1, 0.15) is 5.69 Å². The van der Waals surface area contributed by atoms with E-state index >= 15 is 0 Å². The summed E-state index contributed by atoms with van der Waals surface area (Å²) in [6.45, 7) is 1.48. The number of nitro groups is 1. The molecule has 0 saturated carbocycles. The molecular formula is C20H18F3N3O4. The van der Waals surface area contributed by atoms with E-state index in [-0.39, 0.29) is 11.3 Å². The molecule has 30 heavy (non-hydrogen) atoms. The molecular weight excluding hydrogens is 403 g/mol. The Balaban J connectivity index is 1.72. The van der Waals surface area contributed by atoms with Gasteiger partial charge in [0.2, 0.25) is 0 Å². The van der Waals surface area contributed by atoms with Crippen molar-refractivity contribution in [2.45, 2.75) is 25.4 Å². The first-order valence-corrected chi connectivity index (χ1v) is 9.21. The Morgan fingerprint density at radius 1 is 1.13 bits per heavy atom. The molecule has 0 aromatic heterocycles. The fourth-order valence-electron chi connectivity index (χ4n) is 3.18. The number of rotatable bonds is 5. The number of alkyl halides is 3. The molecule has 1 saturated heterocycles. The molecule has 0 amide bonds. The van der Waals surface area contributed by atoms with Crippen LogP contribution in [0.4, 0.5) is 24.5 Å². The Hall–Kier alpha value is -3.43. The maximum Gasteiger partial charge on any atom is 0.416 e. The van der Waals surface area contributed by atoms with Crippen LogP contribution in [0.3, 0.4) is 0 Å². The lowest BCUT2D eigenvalue weighted by Gasteiger charge is -2.28. The summed E-state index contributed by atoms with van der Waals surface area (Å²) >= 11 is 0. The monoisotopic (exact) mass is 421 g/mol. The average Bonchev–Trinajstić information content (AvgIpc) is 2.73. The van der Waals surface area contributed by atoms with Gasteiger partial charge in [0.25, 0.3) is 5.69 Å². The number of anilines is 1. The van der Waals surface area contributed by atoms with Gasteiger partial charge in [0.15, 0.2) is 0 Å². The first-order valence-electron chi connectivity index (χ1n) is 9.21. The zero-order valence-electron chi connectivity index (χ0n) is 15.8. The molecule has 0 spiro atoms. The highest BCUT2D eigenvalue weighted by Crippen LogP contribution is 2.31. The molecule has 1 fully saturated rings. The van der Waals surface area contributed by atoms with Gasteiger partial charge in [0, 0.05) is 24.7 Å². The van der Waals surface area contributed by atoms with E-state index in [0.717, 1.165) is 50.7 Å². The summed E-state index contributed by atoms with van der Waals surface area (Å²) < 4.78 is 38.2. The van der Waals surface area contributed by atoms with Crippen molar-refractivity contribution >= 4 is 23.6 Å². The second-order valence-corrected chi connectivity index (χ2v) is 6.74. The number of hydrogen-bond donors (Lipinski definition) is 0. The molecule has 1 aliphatic rings. The van der Waals surface area contributed by atoms with E-state index in [1.54, 1.807) is 12.1 Å². The minimum atomic E-state index is -4.59. The molecule has 0 bridgehead atoms. The van der Waals surface area contributed by atoms with Crippen LogP contribution in [0.2, 0.25) is 0 Å². The Bertz CT molecular complexity index is 970. The number of piperidine rings is 1. The van der Waals surface area contributed by atoms with Crippen LogP contribution in [-0.2, 0) is 11.0 Å². The van der Waals surface area contributed by atoms with Gasteiger partial charge in [0.05, 0.1) is 22.3 Å². The van der Waals surface area contributed by atoms with E-state index in [9.17, 15) is 28.1 Å². The lowest BCUT2D eigenvalue weighted by molar-refractivity contribution is -0.384. The highest BCUT2D eigenvalue weighted by molar-refractivity contribution is 5.90. The molecule has 3 rings (SSSR count). The number of carbonyl (C=O) groups is 1. The third-order valence-corrected chi connectivity index (χ3v) is 4.66. The summed E-state index contributed by atoms with van der Waals surface area (Å²) in [5.41, 5.74) is -0.555. The van der Waals surface area contributed by atoms with Crippen molar-refractivity contribution < 1.29 is 27.7 Å². The van der Waals surface area contributed by atoms with Crippen LogP contribution in [0, 0.1) is 10.1 Å². The fourth-order valence-corrected chi connectivity index (χ4v) is 3.18. The number of hydrogen-bond acceptors (Lipinski definition) is 6. The van der Waals surface area contributed by atoms with Gasteiger partial charge >= 0.3 is 12.1 Å². The summed E-state index contributed by atoms with van der Waals surface area (Å²) in [5, 5.41) is 14.9. The van der Waals surface area contributed by atoms with E-state index in [0.29, 0.717) is 17.3 Å². The van der Waals surface area contributed by atoms with Crippen LogP contribution >= 0.6 is 0 Å². The molecule has 0 unspecified atom stereocenters. The van der Waals surface area contributed by atoms with Crippen molar-refractivity contribution in [2.24, 2.45) is 5.16 Å². The summed E-state index contributed by atoms with van der Waals surface area (Å²) in [5.74, 6) is -1.07. The molecule has 1 heterocycles. The molecule has 158 valence electrons. The molecule has 10 heteroatoms. The van der Waals surface area contributed by atoms with E-state index < -0.39 is 22.6 Å². The van der Waals surface area contributed by atoms with Crippen molar-refractivity contribution in [1.82, 2.24) is 0 Å². The van der Waals surface area contributed by atoms with Crippen molar-refractivity contribution in [3.05, 3.63) is 69.3 Å². The van der Waals surface area contributed by atoms with Crippen molar-refractivity contribution in [1.29, 1.82) is 0 Å². The van der Waals surface area contributed by atoms with Gasteiger partial charge in [-0.05, 0) is 43.5 Å². The smallest absolute Gasteiger partial charge is 0.366 e. The number of oxime groups is 1. The van der Waals surface area contributed by atoms with E-state index in [4.69, 9.17) is 0 Å². The number of nitro benzene ring substituents is 1. The van der Waals surface area contributed by atoms with Crippen LogP contribution in [-0.4, -0.2) is 30.2 Å². The van der Waals surface area contributed by atoms with Crippen LogP contribution < -0.4 is 4.90 Å². The minimum Gasteiger partial charge on any atom is -0.366 e. The molecule has 0 radical (unpaired) electrons. The maximum absolute atomic E-state index is 12.7. The molecule has 0 N–H and O–H groups in total. The zero-order chi connectivity index (χ0) is 21.7. The molecule has 2 aromatic rings. The Morgan fingerprint density at radius 3 is 2.53 bits per heavy atom. The number of carbonyl (C=O) groups excluding carboxylic acids is 1. The molecule has 7 nitrogen and oxygen atoms in total. The Labute approximate surface area is 169 Å². The van der Waals surface area contributed by atoms with Gasteiger partial charge in [-0.2, -0.15) is 13.2 Å². The predicted octanol–water partition coefficient (Wildman–Crippen LogP) is 4.79. The summed E-state index contributed by atoms with van der Waals surface area (Å²) in [4.78, 5) is 29.5. The highest BCUT2D eigenvalue weighted by Gasteiger charge is 2.31. The Morgan fingerprint density at radius 2 is 1.87 bits per heavy atom. The van der Waals surface area contributed by atoms with Crippen LogP contribution in [0.25, 0.3) is 0 Å². The van der Waals surface area contributed by atoms with Gasteiger partial charge in [-0.1, -0.05) is 17.3 Å². The normalized spacial score (nSPS) is 14.7. The summed E-state index contributed by atoms with van der Waals surface area (Å²) in [6.07, 6.45) is -0.475. The molecule has 0 aliphatic carbocycles. The third kappa shape index (κ3) is 5.13. The van der Waals surface area contributed by atoms with Gasteiger partial charge < -0.3 is 9.74 Å². The van der Waals surface area contributed by atoms with Crippen molar-refractivity contribution in [2.75, 3.05) is 18.0 Å². The van der Waals surface area contributed by atoms with Crippen LogP contribution in [0.15, 0.2) is 47.6 Å². The first kappa shape index (κ1) is 21.3. The highest BCUT2D eigenvalue weighted by atomic mass is 19.4. The van der Waals surface area contributed by atoms with Crippen molar-refractivity contribution in [3.63, 3.8) is 0 Å². The average molecular weight is 421 g/mol.